The van der Waals surface area contributed by atoms with Crippen molar-refractivity contribution in [3.05, 3.63) is 11.6 Å². The molecule has 0 heterocycles. The summed E-state index contributed by atoms with van der Waals surface area (Å²) in [6.45, 7) is 9.59. The van der Waals surface area contributed by atoms with Gasteiger partial charge in [0.25, 0.3) is 0 Å². The van der Waals surface area contributed by atoms with Crippen LogP contribution in [-0.4, -0.2) is 5.78 Å². The number of carbonyl (C=O) groups excluding carboxylic acids is 1. The van der Waals surface area contributed by atoms with Gasteiger partial charge in [0.2, 0.25) is 0 Å². The molecule has 0 aromatic heterocycles. The topological polar surface area (TPSA) is 17.1 Å². The second-order valence-electron chi connectivity index (χ2n) is 8.25. The van der Waals surface area contributed by atoms with E-state index in [-0.39, 0.29) is 5.92 Å². The van der Waals surface area contributed by atoms with Gasteiger partial charge in [-0.05, 0) is 60.8 Å². The molecule has 0 aromatic carbocycles. The first-order valence-electron chi connectivity index (χ1n) is 8.09. The lowest BCUT2D eigenvalue weighted by Crippen LogP contribution is -2.51. The normalized spacial score (nSPS) is 45.2. The van der Waals surface area contributed by atoms with E-state index < -0.39 is 0 Å². The number of rotatable bonds is 0. The Balaban J connectivity index is 1.99. The predicted octanol–water partition coefficient (Wildman–Crippen LogP) is 4.76. The minimum absolute atomic E-state index is 0.245. The van der Waals surface area contributed by atoms with Crippen LogP contribution in [0.4, 0.5) is 0 Å². The molecule has 0 bridgehead atoms. The minimum atomic E-state index is 0.245. The van der Waals surface area contributed by atoms with Gasteiger partial charge in [-0.1, -0.05) is 39.7 Å². The van der Waals surface area contributed by atoms with Crippen molar-refractivity contribution in [1.29, 1.82) is 0 Å². The van der Waals surface area contributed by atoms with Gasteiger partial charge in [-0.25, -0.2) is 0 Å². The van der Waals surface area contributed by atoms with E-state index in [2.05, 4.69) is 27.7 Å². The maximum atomic E-state index is 12.0. The SMILES string of the molecule is C[C@H]1C[C@H]2C(=CC1=O)CC[C@H]1C(C)(C)CCC[C@]21C. The molecule has 1 heteroatoms. The van der Waals surface area contributed by atoms with Gasteiger partial charge in [-0.3, -0.25) is 4.79 Å². The molecule has 3 aliphatic carbocycles. The molecule has 19 heavy (non-hydrogen) atoms. The highest BCUT2D eigenvalue weighted by Gasteiger charge is 2.54. The van der Waals surface area contributed by atoms with Crippen LogP contribution >= 0.6 is 0 Å². The Morgan fingerprint density at radius 3 is 2.68 bits per heavy atom. The summed E-state index contributed by atoms with van der Waals surface area (Å²) < 4.78 is 0. The van der Waals surface area contributed by atoms with Crippen LogP contribution in [0.15, 0.2) is 11.6 Å². The molecule has 1 nitrogen and oxygen atoms in total. The average molecular weight is 260 g/mol. The third kappa shape index (κ3) is 1.92. The number of carbonyl (C=O) groups is 1. The van der Waals surface area contributed by atoms with Crippen LogP contribution in [0.2, 0.25) is 0 Å². The molecule has 2 fully saturated rings. The third-order valence-corrected chi connectivity index (χ3v) is 6.64. The van der Waals surface area contributed by atoms with E-state index in [1.807, 2.05) is 6.08 Å². The number of fused-ring (bicyclic) bond motifs is 3. The number of ketones is 1. The van der Waals surface area contributed by atoms with Crippen molar-refractivity contribution in [3.8, 4) is 0 Å². The fraction of sp³-hybridized carbons (Fsp3) is 0.833. The van der Waals surface area contributed by atoms with Gasteiger partial charge >= 0.3 is 0 Å². The lowest BCUT2D eigenvalue weighted by atomic mass is 9.46. The summed E-state index contributed by atoms with van der Waals surface area (Å²) in [4.78, 5) is 12.0. The Kier molecular flexibility index (Phi) is 2.96. The molecule has 0 amide bonds. The molecule has 3 aliphatic rings. The summed E-state index contributed by atoms with van der Waals surface area (Å²) in [6, 6.07) is 0. The second kappa shape index (κ2) is 4.20. The van der Waals surface area contributed by atoms with Gasteiger partial charge in [-0.2, -0.15) is 0 Å². The van der Waals surface area contributed by atoms with Crippen molar-refractivity contribution < 1.29 is 4.79 Å². The molecule has 0 saturated heterocycles. The van der Waals surface area contributed by atoms with Crippen LogP contribution in [0, 0.1) is 28.6 Å². The van der Waals surface area contributed by atoms with E-state index >= 15 is 0 Å². The van der Waals surface area contributed by atoms with Crippen molar-refractivity contribution in [2.24, 2.45) is 28.6 Å². The largest absolute Gasteiger partial charge is 0.295 e. The van der Waals surface area contributed by atoms with Crippen LogP contribution in [-0.2, 0) is 4.79 Å². The molecule has 106 valence electrons. The Hall–Kier alpha value is -0.590. The number of hydrogen-bond acceptors (Lipinski definition) is 1. The van der Waals surface area contributed by atoms with E-state index in [0.717, 1.165) is 12.3 Å². The Morgan fingerprint density at radius 2 is 1.95 bits per heavy atom. The maximum Gasteiger partial charge on any atom is 0.158 e. The molecule has 2 saturated carbocycles. The van der Waals surface area contributed by atoms with E-state index in [9.17, 15) is 4.79 Å². The Labute approximate surface area is 117 Å². The second-order valence-corrected chi connectivity index (χ2v) is 8.25. The van der Waals surface area contributed by atoms with Crippen molar-refractivity contribution in [2.75, 3.05) is 0 Å². The molecular formula is C18H28O. The summed E-state index contributed by atoms with van der Waals surface area (Å²) >= 11 is 0. The van der Waals surface area contributed by atoms with Crippen molar-refractivity contribution >= 4 is 5.78 Å². The monoisotopic (exact) mass is 260 g/mol. The van der Waals surface area contributed by atoms with Crippen LogP contribution < -0.4 is 0 Å². The van der Waals surface area contributed by atoms with Crippen molar-refractivity contribution in [1.82, 2.24) is 0 Å². The lowest BCUT2D eigenvalue weighted by molar-refractivity contribution is -0.121. The first-order valence-corrected chi connectivity index (χ1v) is 8.09. The van der Waals surface area contributed by atoms with Gasteiger partial charge in [0, 0.05) is 5.92 Å². The molecule has 0 unspecified atom stereocenters. The zero-order chi connectivity index (χ0) is 13.8. The highest BCUT2D eigenvalue weighted by Crippen LogP contribution is 2.62. The molecule has 0 spiro atoms. The number of allylic oxidation sites excluding steroid dienone is 2. The molecule has 4 atom stereocenters. The Bertz CT molecular complexity index is 431. The predicted molar refractivity (Wildman–Crippen MR) is 78.8 cm³/mol. The zero-order valence-corrected chi connectivity index (χ0v) is 13.0. The number of hydrogen-bond donors (Lipinski definition) is 0. The smallest absolute Gasteiger partial charge is 0.158 e. The summed E-state index contributed by atoms with van der Waals surface area (Å²) in [5, 5.41) is 0. The average Bonchev–Trinajstić information content (AvgIpc) is 2.30. The van der Waals surface area contributed by atoms with E-state index in [0.29, 0.717) is 22.5 Å². The highest BCUT2D eigenvalue weighted by atomic mass is 16.1. The van der Waals surface area contributed by atoms with E-state index in [4.69, 9.17) is 0 Å². The molecule has 0 aliphatic heterocycles. The van der Waals surface area contributed by atoms with Crippen LogP contribution in [0.5, 0.6) is 0 Å². The summed E-state index contributed by atoms with van der Waals surface area (Å²) in [5.74, 6) is 2.15. The van der Waals surface area contributed by atoms with Gasteiger partial charge in [0.05, 0.1) is 0 Å². The summed E-state index contributed by atoms with van der Waals surface area (Å²) in [6.07, 6.45) is 9.71. The molecule has 0 radical (unpaired) electrons. The van der Waals surface area contributed by atoms with Crippen LogP contribution in [0.1, 0.15) is 66.2 Å². The highest BCUT2D eigenvalue weighted by molar-refractivity contribution is 5.93. The molecule has 0 aromatic rings. The zero-order valence-electron chi connectivity index (χ0n) is 13.0. The fourth-order valence-corrected chi connectivity index (χ4v) is 5.60. The van der Waals surface area contributed by atoms with Gasteiger partial charge in [0.1, 0.15) is 0 Å². The standard InChI is InChI=1S/C18H28O/c1-12-10-14-13(11-15(12)19)6-7-16-17(2,3)8-5-9-18(14,16)4/h11-12,14,16H,5-10H2,1-4H3/t12-,14-,16-,18+/m0/s1. The van der Waals surface area contributed by atoms with Crippen molar-refractivity contribution in [3.63, 3.8) is 0 Å². The van der Waals surface area contributed by atoms with Gasteiger partial charge in [0.15, 0.2) is 5.78 Å². The quantitative estimate of drug-likeness (QED) is 0.613. The summed E-state index contributed by atoms with van der Waals surface area (Å²) in [5.41, 5.74) is 2.42. The first-order chi connectivity index (χ1) is 8.84. The minimum Gasteiger partial charge on any atom is -0.295 e. The van der Waals surface area contributed by atoms with E-state index in [1.54, 1.807) is 0 Å². The van der Waals surface area contributed by atoms with E-state index in [1.165, 1.54) is 37.7 Å². The molecule has 0 N–H and O–H groups in total. The first kappa shape index (κ1) is 13.4. The van der Waals surface area contributed by atoms with Crippen LogP contribution in [0.25, 0.3) is 0 Å². The lowest BCUT2D eigenvalue weighted by Gasteiger charge is -2.59. The van der Waals surface area contributed by atoms with Gasteiger partial charge < -0.3 is 0 Å². The fourth-order valence-electron chi connectivity index (χ4n) is 5.60. The van der Waals surface area contributed by atoms with Crippen molar-refractivity contribution in [2.45, 2.75) is 66.2 Å². The van der Waals surface area contributed by atoms with Crippen LogP contribution in [0.3, 0.4) is 0 Å². The molecular weight excluding hydrogens is 232 g/mol. The maximum absolute atomic E-state index is 12.0. The Morgan fingerprint density at radius 1 is 1.21 bits per heavy atom. The molecule has 3 rings (SSSR count). The van der Waals surface area contributed by atoms with Gasteiger partial charge in [-0.15, -0.1) is 0 Å². The third-order valence-electron chi connectivity index (χ3n) is 6.64. The summed E-state index contributed by atoms with van der Waals surface area (Å²) in [7, 11) is 0.